The lowest BCUT2D eigenvalue weighted by molar-refractivity contribution is 0.0382. The quantitative estimate of drug-likeness (QED) is 0.552. The maximum atomic E-state index is 5.49. The second kappa shape index (κ2) is 10.5. The number of anilines is 2. The number of benzene rings is 1. The third-order valence-electron chi connectivity index (χ3n) is 5.28. The minimum atomic E-state index is 0.715. The van der Waals surface area contributed by atoms with E-state index in [4.69, 9.17) is 19.4 Å². The van der Waals surface area contributed by atoms with E-state index in [2.05, 4.69) is 39.4 Å². The summed E-state index contributed by atoms with van der Waals surface area (Å²) < 4.78 is 10.9. The average Bonchev–Trinajstić information content (AvgIpc) is 2.79. The van der Waals surface area contributed by atoms with E-state index in [0.717, 1.165) is 82.8 Å². The van der Waals surface area contributed by atoms with Gasteiger partial charge < -0.3 is 14.4 Å². The van der Waals surface area contributed by atoms with Gasteiger partial charge in [-0.15, -0.1) is 0 Å². The molecule has 2 aromatic rings. The molecule has 3 heterocycles. The van der Waals surface area contributed by atoms with Gasteiger partial charge in [0.1, 0.15) is 11.6 Å². The molecule has 0 saturated carbocycles. The lowest BCUT2D eigenvalue weighted by Gasteiger charge is -2.28. The van der Waals surface area contributed by atoms with E-state index in [0.29, 0.717) is 5.82 Å². The molecular weight excluding hydrogens is 380 g/mol. The van der Waals surface area contributed by atoms with Crippen molar-refractivity contribution in [1.82, 2.24) is 14.9 Å². The van der Waals surface area contributed by atoms with E-state index < -0.39 is 0 Å². The zero-order valence-electron chi connectivity index (χ0n) is 17.6. The van der Waals surface area contributed by atoms with Gasteiger partial charge in [-0.2, -0.15) is 5.10 Å². The molecule has 1 aromatic heterocycles. The Morgan fingerprint density at radius 3 is 2.57 bits per heavy atom. The largest absolute Gasteiger partial charge is 0.379 e. The molecule has 0 aliphatic carbocycles. The highest BCUT2D eigenvalue weighted by atomic mass is 16.5. The topological polar surface area (TPSA) is 75.1 Å². The van der Waals surface area contributed by atoms with Gasteiger partial charge in [0, 0.05) is 45.2 Å². The average molecular weight is 411 g/mol. The van der Waals surface area contributed by atoms with Crippen molar-refractivity contribution in [1.29, 1.82) is 0 Å². The second-order valence-corrected chi connectivity index (χ2v) is 7.62. The molecule has 0 atom stereocenters. The van der Waals surface area contributed by atoms with Crippen LogP contribution >= 0.6 is 0 Å². The molecule has 2 aliphatic rings. The first-order chi connectivity index (χ1) is 14.8. The van der Waals surface area contributed by atoms with Gasteiger partial charge in [0.2, 0.25) is 0 Å². The summed E-state index contributed by atoms with van der Waals surface area (Å²) in [5.41, 5.74) is 5.36. The highest BCUT2D eigenvalue weighted by Crippen LogP contribution is 2.18. The lowest BCUT2D eigenvalue weighted by Crippen LogP contribution is -2.38. The van der Waals surface area contributed by atoms with Crippen molar-refractivity contribution >= 4 is 17.9 Å². The molecule has 0 spiro atoms. The summed E-state index contributed by atoms with van der Waals surface area (Å²) in [5.74, 6) is 2.48. The van der Waals surface area contributed by atoms with Crippen molar-refractivity contribution in [3.05, 3.63) is 47.3 Å². The molecule has 2 aliphatic heterocycles. The molecule has 0 bridgehead atoms. The van der Waals surface area contributed by atoms with Crippen LogP contribution < -0.4 is 10.3 Å². The van der Waals surface area contributed by atoms with Crippen LogP contribution in [0, 0.1) is 6.92 Å². The third-order valence-corrected chi connectivity index (χ3v) is 5.28. The van der Waals surface area contributed by atoms with E-state index in [1.54, 1.807) is 0 Å². The minimum Gasteiger partial charge on any atom is -0.379 e. The molecule has 8 heteroatoms. The molecule has 8 nitrogen and oxygen atoms in total. The summed E-state index contributed by atoms with van der Waals surface area (Å²) in [5, 5.41) is 4.39. The summed E-state index contributed by atoms with van der Waals surface area (Å²) in [6.07, 6.45) is 2.62. The molecule has 1 aromatic carbocycles. The first-order valence-electron chi connectivity index (χ1n) is 10.6. The molecule has 160 valence electrons. The van der Waals surface area contributed by atoms with Gasteiger partial charge in [0.05, 0.1) is 32.6 Å². The first-order valence-corrected chi connectivity index (χ1v) is 10.6. The zero-order chi connectivity index (χ0) is 20.6. The van der Waals surface area contributed by atoms with Crippen LogP contribution in [0.4, 0.5) is 11.6 Å². The van der Waals surface area contributed by atoms with Gasteiger partial charge in [-0.1, -0.05) is 29.8 Å². The predicted molar refractivity (Wildman–Crippen MR) is 118 cm³/mol. The van der Waals surface area contributed by atoms with Crippen molar-refractivity contribution in [3.8, 4) is 0 Å². The van der Waals surface area contributed by atoms with Crippen molar-refractivity contribution < 1.29 is 9.47 Å². The number of hydrogen-bond donors (Lipinski definition) is 1. The van der Waals surface area contributed by atoms with Crippen LogP contribution in [0.5, 0.6) is 0 Å². The van der Waals surface area contributed by atoms with Crippen LogP contribution in [0.1, 0.15) is 17.0 Å². The Morgan fingerprint density at radius 2 is 1.80 bits per heavy atom. The summed E-state index contributed by atoms with van der Waals surface area (Å²) in [7, 11) is 0. The normalized spacial score (nSPS) is 18.1. The lowest BCUT2D eigenvalue weighted by atomic mass is 10.2. The van der Waals surface area contributed by atoms with Gasteiger partial charge in [0.15, 0.2) is 5.82 Å². The highest BCUT2D eigenvalue weighted by Gasteiger charge is 2.16. The summed E-state index contributed by atoms with van der Waals surface area (Å²) >= 11 is 0. The van der Waals surface area contributed by atoms with Gasteiger partial charge in [0.25, 0.3) is 0 Å². The number of nitrogens with zero attached hydrogens (tertiary/aromatic N) is 5. The molecule has 2 saturated heterocycles. The summed E-state index contributed by atoms with van der Waals surface area (Å²) in [4.78, 5) is 14.2. The molecule has 4 rings (SSSR count). The molecule has 0 amide bonds. The van der Waals surface area contributed by atoms with Gasteiger partial charge >= 0.3 is 0 Å². The fourth-order valence-electron chi connectivity index (χ4n) is 3.61. The number of aromatic nitrogens is 2. The Morgan fingerprint density at radius 1 is 1.03 bits per heavy atom. The van der Waals surface area contributed by atoms with E-state index >= 15 is 0 Å². The second-order valence-electron chi connectivity index (χ2n) is 7.62. The van der Waals surface area contributed by atoms with E-state index in [-0.39, 0.29) is 0 Å². The van der Waals surface area contributed by atoms with Gasteiger partial charge in [-0.05, 0) is 12.5 Å². The molecule has 30 heavy (non-hydrogen) atoms. The number of rotatable bonds is 7. The SMILES string of the molecule is Cc1cccc(/C=N\Nc2cc(N3CCOCC3)nc(CCN3CCOCC3)n2)c1. The van der Waals surface area contributed by atoms with Crippen LogP contribution in [0.2, 0.25) is 0 Å². The molecule has 0 unspecified atom stereocenters. The fraction of sp³-hybridized carbons (Fsp3) is 0.500. The fourth-order valence-corrected chi connectivity index (χ4v) is 3.61. The van der Waals surface area contributed by atoms with E-state index in [1.165, 1.54) is 5.56 Å². The molecular formula is C22H30N6O2. The number of hydrogen-bond acceptors (Lipinski definition) is 8. The van der Waals surface area contributed by atoms with Crippen molar-refractivity contribution in [2.75, 3.05) is 69.5 Å². The molecule has 0 radical (unpaired) electrons. The van der Waals surface area contributed by atoms with Crippen molar-refractivity contribution in [3.63, 3.8) is 0 Å². The van der Waals surface area contributed by atoms with Crippen molar-refractivity contribution in [2.45, 2.75) is 13.3 Å². The van der Waals surface area contributed by atoms with Crippen LogP contribution in [-0.2, 0) is 15.9 Å². The molecule has 2 fully saturated rings. The predicted octanol–water partition coefficient (Wildman–Crippen LogP) is 1.94. The Labute approximate surface area is 177 Å². The Hall–Kier alpha value is -2.55. The zero-order valence-corrected chi connectivity index (χ0v) is 17.6. The van der Waals surface area contributed by atoms with Crippen LogP contribution in [0.25, 0.3) is 0 Å². The molecule has 1 N–H and O–H groups in total. The number of morpholine rings is 2. The first kappa shape index (κ1) is 20.7. The monoisotopic (exact) mass is 410 g/mol. The number of ether oxygens (including phenoxy) is 2. The van der Waals surface area contributed by atoms with Gasteiger partial charge in [-0.3, -0.25) is 10.3 Å². The summed E-state index contributed by atoms with van der Waals surface area (Å²) in [6, 6.07) is 10.2. The van der Waals surface area contributed by atoms with E-state index in [9.17, 15) is 0 Å². The number of aryl methyl sites for hydroxylation is 1. The maximum Gasteiger partial charge on any atom is 0.152 e. The maximum absolute atomic E-state index is 5.49. The van der Waals surface area contributed by atoms with E-state index in [1.807, 2.05) is 24.4 Å². The smallest absolute Gasteiger partial charge is 0.152 e. The van der Waals surface area contributed by atoms with Crippen LogP contribution in [0.3, 0.4) is 0 Å². The minimum absolute atomic E-state index is 0.715. The van der Waals surface area contributed by atoms with Crippen LogP contribution in [0.15, 0.2) is 35.4 Å². The third kappa shape index (κ3) is 5.98. The number of nitrogens with one attached hydrogen (secondary N) is 1. The van der Waals surface area contributed by atoms with Gasteiger partial charge in [-0.25, -0.2) is 9.97 Å². The Balaban J connectivity index is 1.47. The highest BCUT2D eigenvalue weighted by molar-refractivity contribution is 5.80. The van der Waals surface area contributed by atoms with Crippen LogP contribution in [-0.4, -0.2) is 80.2 Å². The van der Waals surface area contributed by atoms with Crippen molar-refractivity contribution in [2.24, 2.45) is 5.10 Å². The Kier molecular flexibility index (Phi) is 7.23. The Bertz CT molecular complexity index is 847. The standard InChI is InChI=1S/C22H30N6O2/c1-18-3-2-4-19(15-18)17-23-26-21-16-22(28-9-13-30-14-10-28)25-20(24-21)5-6-27-7-11-29-12-8-27/h2-4,15-17H,5-14H2,1H3,(H,24,25,26)/b23-17-. The number of hydrazone groups is 1. The summed E-state index contributed by atoms with van der Waals surface area (Å²) in [6.45, 7) is 9.67.